The van der Waals surface area contributed by atoms with E-state index < -0.39 is 39.6 Å². The van der Waals surface area contributed by atoms with Gasteiger partial charge in [0.2, 0.25) is 10.0 Å². The Morgan fingerprint density at radius 1 is 1.03 bits per heavy atom. The minimum atomic E-state index is -4.86. The summed E-state index contributed by atoms with van der Waals surface area (Å²) in [6, 6.07) is 9.78. The summed E-state index contributed by atoms with van der Waals surface area (Å²) in [5.41, 5.74) is -2.46. The van der Waals surface area contributed by atoms with E-state index in [1.165, 1.54) is 36.4 Å². The fourth-order valence-corrected chi connectivity index (χ4v) is 4.18. The zero-order valence-electron chi connectivity index (χ0n) is 19.3. The van der Waals surface area contributed by atoms with Crippen LogP contribution < -0.4 is 10.0 Å². The van der Waals surface area contributed by atoms with E-state index >= 15 is 0 Å². The first kappa shape index (κ1) is 26.4. The van der Waals surface area contributed by atoms with E-state index in [1.54, 1.807) is 13.8 Å². The van der Waals surface area contributed by atoms with Gasteiger partial charge in [-0.1, -0.05) is 18.2 Å². The van der Waals surface area contributed by atoms with Crippen molar-refractivity contribution in [3.63, 3.8) is 0 Å². The highest BCUT2D eigenvalue weighted by Crippen LogP contribution is 2.39. The van der Waals surface area contributed by atoms with Gasteiger partial charge < -0.3 is 10.4 Å². The molecule has 0 aliphatic rings. The number of anilines is 1. The fourth-order valence-electron chi connectivity index (χ4n) is 3.56. The van der Waals surface area contributed by atoms with E-state index in [9.17, 15) is 35.9 Å². The number of amides is 1. The molecule has 188 valence electrons. The molecule has 1 amide bonds. The molecule has 1 unspecified atom stereocenters. The number of halogens is 4. The topological polar surface area (TPSA) is 95.5 Å². The number of aryl methyl sites for hydroxylation is 1. The van der Waals surface area contributed by atoms with Crippen molar-refractivity contribution in [2.45, 2.75) is 38.6 Å². The SMILES string of the molecule is Cc1cc(C(C)NC(=O)c2ccc3cc([C@@](C)(O)C(F)(F)F)ccc3c2)c(F)cc1NS(C)(=O)=O. The Balaban J connectivity index is 1.83. The molecule has 3 aromatic rings. The molecular formula is C24H24F4N2O4S. The third kappa shape index (κ3) is 5.73. The molecule has 3 N–H and O–H groups in total. The molecule has 0 radical (unpaired) electrons. The predicted octanol–water partition coefficient (Wildman–Crippen LogP) is 4.92. The number of rotatable bonds is 6. The third-order valence-electron chi connectivity index (χ3n) is 5.67. The van der Waals surface area contributed by atoms with Gasteiger partial charge in [0.15, 0.2) is 5.60 Å². The maximum atomic E-state index is 14.6. The number of nitrogens with one attached hydrogen (secondary N) is 2. The summed E-state index contributed by atoms with van der Waals surface area (Å²) in [7, 11) is -3.60. The molecule has 0 aromatic heterocycles. The van der Waals surface area contributed by atoms with Gasteiger partial charge in [-0.2, -0.15) is 13.2 Å². The molecule has 35 heavy (non-hydrogen) atoms. The van der Waals surface area contributed by atoms with Gasteiger partial charge in [-0.25, -0.2) is 12.8 Å². The lowest BCUT2D eigenvalue weighted by atomic mass is 9.92. The fraction of sp³-hybridized carbons (Fsp3) is 0.292. The smallest absolute Gasteiger partial charge is 0.376 e. The van der Waals surface area contributed by atoms with Crippen LogP contribution in [0.3, 0.4) is 0 Å². The lowest BCUT2D eigenvalue weighted by Crippen LogP contribution is -2.39. The van der Waals surface area contributed by atoms with Crippen LogP contribution in [0.4, 0.5) is 23.2 Å². The van der Waals surface area contributed by atoms with E-state index in [0.29, 0.717) is 23.3 Å². The molecule has 11 heteroatoms. The number of hydrogen-bond acceptors (Lipinski definition) is 4. The van der Waals surface area contributed by atoms with Gasteiger partial charge in [0.05, 0.1) is 18.0 Å². The normalized spacial score (nSPS) is 14.9. The van der Waals surface area contributed by atoms with E-state index in [0.717, 1.165) is 18.4 Å². The summed E-state index contributed by atoms with van der Waals surface area (Å²) in [4.78, 5) is 12.8. The number of alkyl halides is 3. The summed E-state index contributed by atoms with van der Waals surface area (Å²) in [6.45, 7) is 3.83. The zero-order valence-corrected chi connectivity index (χ0v) is 20.1. The quantitative estimate of drug-likeness (QED) is 0.409. The first-order valence-electron chi connectivity index (χ1n) is 10.4. The lowest BCUT2D eigenvalue weighted by molar-refractivity contribution is -0.258. The number of carbonyl (C=O) groups is 1. The highest BCUT2D eigenvalue weighted by molar-refractivity contribution is 7.92. The van der Waals surface area contributed by atoms with Crippen LogP contribution in [0.25, 0.3) is 10.8 Å². The molecule has 0 aliphatic heterocycles. The van der Waals surface area contributed by atoms with Gasteiger partial charge >= 0.3 is 6.18 Å². The Kier molecular flexibility index (Phi) is 6.89. The largest absolute Gasteiger partial charge is 0.421 e. The predicted molar refractivity (Wildman–Crippen MR) is 125 cm³/mol. The van der Waals surface area contributed by atoms with Crippen LogP contribution >= 0.6 is 0 Å². The number of fused-ring (bicyclic) bond motifs is 1. The highest BCUT2D eigenvalue weighted by Gasteiger charge is 2.51. The van der Waals surface area contributed by atoms with Gasteiger partial charge in [0, 0.05) is 11.1 Å². The molecule has 0 saturated carbocycles. The minimum Gasteiger partial charge on any atom is -0.376 e. The zero-order chi connectivity index (χ0) is 26.3. The standard InChI is InChI=1S/C24H24F4N2O4S/c1-13-9-19(20(25)12-21(13)30-35(4,33)34)14(2)29-22(31)17-6-5-16-11-18(8-7-15(16)10-17)23(3,32)24(26,27)28/h5-12,14,30,32H,1-4H3,(H,29,31)/t14?,23-/m1/s1. The number of carbonyl (C=O) groups excluding carboxylic acids is 1. The van der Waals surface area contributed by atoms with Crippen LogP contribution in [0.5, 0.6) is 0 Å². The van der Waals surface area contributed by atoms with Crippen molar-refractivity contribution >= 4 is 32.4 Å². The van der Waals surface area contributed by atoms with Gasteiger partial charge in [-0.05, 0) is 73.0 Å². The van der Waals surface area contributed by atoms with Crippen molar-refractivity contribution in [1.29, 1.82) is 0 Å². The Morgan fingerprint density at radius 2 is 1.63 bits per heavy atom. The monoisotopic (exact) mass is 512 g/mol. The van der Waals surface area contributed by atoms with Crippen molar-refractivity contribution in [3.8, 4) is 0 Å². The van der Waals surface area contributed by atoms with Crippen molar-refractivity contribution in [2.24, 2.45) is 0 Å². The molecular weight excluding hydrogens is 488 g/mol. The molecule has 6 nitrogen and oxygen atoms in total. The Hall–Kier alpha value is -3.18. The van der Waals surface area contributed by atoms with E-state index in [-0.39, 0.29) is 22.4 Å². The van der Waals surface area contributed by atoms with Gasteiger partial charge in [-0.15, -0.1) is 0 Å². The van der Waals surface area contributed by atoms with Gasteiger partial charge in [0.1, 0.15) is 5.82 Å². The molecule has 0 heterocycles. The van der Waals surface area contributed by atoms with E-state index in [1.807, 2.05) is 0 Å². The van der Waals surface area contributed by atoms with Crippen molar-refractivity contribution in [1.82, 2.24) is 5.32 Å². The molecule has 0 aliphatic carbocycles. The maximum absolute atomic E-state index is 14.6. The van der Waals surface area contributed by atoms with Crippen LogP contribution in [-0.4, -0.2) is 31.9 Å². The summed E-state index contributed by atoms with van der Waals surface area (Å²) in [6.07, 6.45) is -3.91. The average molecular weight is 513 g/mol. The van der Waals surface area contributed by atoms with Crippen molar-refractivity contribution in [3.05, 3.63) is 76.6 Å². The lowest BCUT2D eigenvalue weighted by Gasteiger charge is -2.27. The van der Waals surface area contributed by atoms with Crippen molar-refractivity contribution in [2.75, 3.05) is 11.0 Å². The Bertz CT molecular complexity index is 1400. The molecule has 0 spiro atoms. The maximum Gasteiger partial charge on any atom is 0.421 e. The second kappa shape index (κ2) is 9.12. The number of aliphatic hydroxyl groups is 1. The molecule has 0 fully saturated rings. The summed E-state index contributed by atoms with van der Waals surface area (Å²) < 4.78 is 79.2. The number of sulfonamides is 1. The Morgan fingerprint density at radius 3 is 2.23 bits per heavy atom. The average Bonchev–Trinajstić information content (AvgIpc) is 2.73. The summed E-state index contributed by atoms with van der Waals surface area (Å²) in [5.74, 6) is -1.25. The molecule has 3 rings (SSSR count). The van der Waals surface area contributed by atoms with E-state index in [2.05, 4.69) is 10.0 Å². The van der Waals surface area contributed by atoms with Gasteiger partial charge in [-0.3, -0.25) is 9.52 Å². The summed E-state index contributed by atoms with van der Waals surface area (Å²) in [5, 5.41) is 13.4. The van der Waals surface area contributed by atoms with Crippen LogP contribution in [-0.2, 0) is 15.6 Å². The van der Waals surface area contributed by atoms with Crippen LogP contribution in [0.1, 0.15) is 46.9 Å². The van der Waals surface area contributed by atoms with Gasteiger partial charge in [0.25, 0.3) is 5.91 Å². The number of hydrogen-bond donors (Lipinski definition) is 3. The molecule has 0 saturated heterocycles. The van der Waals surface area contributed by atoms with Crippen LogP contribution in [0.15, 0.2) is 48.5 Å². The molecule has 0 bridgehead atoms. The minimum absolute atomic E-state index is 0.0886. The second-order valence-electron chi connectivity index (χ2n) is 8.60. The third-order valence-corrected chi connectivity index (χ3v) is 6.26. The second-order valence-corrected chi connectivity index (χ2v) is 10.4. The first-order valence-corrected chi connectivity index (χ1v) is 12.3. The van der Waals surface area contributed by atoms with Crippen molar-refractivity contribution < 1.29 is 35.9 Å². The Labute approximate surface area is 200 Å². The molecule has 3 aromatic carbocycles. The highest BCUT2D eigenvalue weighted by atomic mass is 32.2. The molecule has 2 atom stereocenters. The first-order chi connectivity index (χ1) is 16.0. The number of benzene rings is 3. The van der Waals surface area contributed by atoms with E-state index in [4.69, 9.17) is 0 Å². The summed E-state index contributed by atoms with van der Waals surface area (Å²) >= 11 is 0. The van der Waals surface area contributed by atoms with Crippen LogP contribution in [0, 0.1) is 12.7 Å². The van der Waals surface area contributed by atoms with Crippen LogP contribution in [0.2, 0.25) is 0 Å².